The van der Waals surface area contributed by atoms with Crippen molar-refractivity contribution in [3.8, 4) is 12.1 Å². The number of aromatic nitrogens is 1. The van der Waals surface area contributed by atoms with Gasteiger partial charge in [0.25, 0.3) is 5.91 Å². The number of anilines is 1. The van der Waals surface area contributed by atoms with E-state index in [2.05, 4.69) is 10.4 Å². The van der Waals surface area contributed by atoms with Gasteiger partial charge in [-0.15, -0.1) is 0 Å². The third-order valence-corrected chi connectivity index (χ3v) is 2.19. The van der Waals surface area contributed by atoms with Crippen molar-refractivity contribution in [1.82, 2.24) is 9.88 Å². The summed E-state index contributed by atoms with van der Waals surface area (Å²) in [5.41, 5.74) is 2.47. The van der Waals surface area contributed by atoms with Crippen molar-refractivity contribution in [3.63, 3.8) is 0 Å². The molecule has 0 saturated heterocycles. The Morgan fingerprint density at radius 2 is 2.06 bits per heavy atom. The molecule has 1 amide bonds. The number of nitriles is 2. The topological polar surface area (TPSA) is 119 Å². The molecule has 1 aromatic rings. The average Bonchev–Trinajstić information content (AvgIpc) is 2.36. The second kappa shape index (κ2) is 6.40. The molecule has 0 unspecified atom stereocenters. The summed E-state index contributed by atoms with van der Waals surface area (Å²) < 4.78 is 0. The molecular weight excluding hydrogens is 256 g/mol. The van der Waals surface area contributed by atoms with Crippen LogP contribution in [0.5, 0.6) is 0 Å². The van der Waals surface area contributed by atoms with Gasteiger partial charge < -0.3 is 10.3 Å². The highest BCUT2D eigenvalue weighted by atomic mass is 35.5. The van der Waals surface area contributed by atoms with Gasteiger partial charge in [0, 0.05) is 5.56 Å². The van der Waals surface area contributed by atoms with Crippen LogP contribution in [0.4, 0.5) is 5.82 Å². The summed E-state index contributed by atoms with van der Waals surface area (Å²) in [7, 11) is 0. The van der Waals surface area contributed by atoms with E-state index in [4.69, 9.17) is 28.0 Å². The number of hydrogen-bond donors (Lipinski definition) is 2. The number of rotatable bonds is 4. The van der Waals surface area contributed by atoms with Crippen LogP contribution >= 0.6 is 11.6 Å². The van der Waals surface area contributed by atoms with Crippen LogP contribution in [0.3, 0.4) is 0 Å². The Morgan fingerprint density at radius 1 is 1.44 bits per heavy atom. The number of carbonyl (C=O) groups is 1. The van der Waals surface area contributed by atoms with Crippen LogP contribution in [-0.4, -0.2) is 28.9 Å². The molecule has 0 spiro atoms. The molecule has 0 aliphatic rings. The fraction of sp³-hybridized carbons (Fsp3) is 0.200. The summed E-state index contributed by atoms with van der Waals surface area (Å²) in [6.07, 6.45) is 0. The van der Waals surface area contributed by atoms with Crippen LogP contribution in [-0.2, 0) is 0 Å². The quantitative estimate of drug-likeness (QED) is 0.354. The van der Waals surface area contributed by atoms with Gasteiger partial charge in [0.15, 0.2) is 0 Å². The Balaban J connectivity index is 3.05. The van der Waals surface area contributed by atoms with Crippen LogP contribution < -0.4 is 11.3 Å². The molecule has 92 valence electrons. The summed E-state index contributed by atoms with van der Waals surface area (Å²) in [5.74, 6) is 4.92. The van der Waals surface area contributed by atoms with Crippen molar-refractivity contribution in [2.75, 3.05) is 18.5 Å². The maximum atomic E-state index is 12.0. The van der Waals surface area contributed by atoms with E-state index in [-0.39, 0.29) is 29.6 Å². The molecule has 0 atom stereocenters. The number of nitrogen functional groups attached to an aromatic ring is 1. The van der Waals surface area contributed by atoms with Gasteiger partial charge in [-0.25, -0.2) is 10.8 Å². The third-order valence-electron chi connectivity index (χ3n) is 2.00. The molecule has 8 heteroatoms. The maximum absolute atomic E-state index is 12.0. The van der Waals surface area contributed by atoms with E-state index in [1.807, 2.05) is 12.1 Å². The lowest BCUT2D eigenvalue weighted by Crippen LogP contribution is -2.32. The van der Waals surface area contributed by atoms with Gasteiger partial charge in [0.1, 0.15) is 24.1 Å². The van der Waals surface area contributed by atoms with E-state index in [0.29, 0.717) is 0 Å². The van der Waals surface area contributed by atoms with E-state index in [9.17, 15) is 4.79 Å². The third kappa shape index (κ3) is 3.32. The first-order valence-electron chi connectivity index (χ1n) is 4.79. The van der Waals surface area contributed by atoms with E-state index < -0.39 is 5.91 Å². The number of hydrazine groups is 1. The number of nitrogens with two attached hydrogens (primary N) is 1. The smallest absolute Gasteiger partial charge is 0.255 e. The minimum Gasteiger partial charge on any atom is -0.312 e. The molecule has 0 aromatic carbocycles. The Morgan fingerprint density at radius 3 is 2.56 bits per heavy atom. The molecule has 0 radical (unpaired) electrons. The molecule has 0 saturated carbocycles. The molecule has 1 rings (SSSR count). The van der Waals surface area contributed by atoms with Crippen molar-refractivity contribution in [2.24, 2.45) is 5.84 Å². The zero-order chi connectivity index (χ0) is 13.5. The van der Waals surface area contributed by atoms with Crippen molar-refractivity contribution in [2.45, 2.75) is 0 Å². The molecular formula is C10H9ClN6O. The molecule has 0 aliphatic carbocycles. The highest BCUT2D eigenvalue weighted by Gasteiger charge is 2.16. The van der Waals surface area contributed by atoms with E-state index in [0.717, 1.165) is 4.90 Å². The lowest BCUT2D eigenvalue weighted by molar-refractivity contribution is 0.0794. The van der Waals surface area contributed by atoms with Crippen LogP contribution in [0.1, 0.15) is 10.4 Å². The lowest BCUT2D eigenvalue weighted by Gasteiger charge is -2.16. The minimum atomic E-state index is -0.487. The average molecular weight is 265 g/mol. The summed E-state index contributed by atoms with van der Waals surface area (Å²) in [6, 6.07) is 6.35. The first-order chi connectivity index (χ1) is 8.62. The summed E-state index contributed by atoms with van der Waals surface area (Å²) in [5, 5.41) is 17.3. The number of pyridine rings is 1. The molecule has 3 N–H and O–H groups in total. The number of nitrogens with zero attached hydrogens (tertiary/aromatic N) is 4. The molecule has 0 fully saturated rings. The zero-order valence-corrected chi connectivity index (χ0v) is 9.98. The largest absolute Gasteiger partial charge is 0.312 e. The SMILES string of the molecule is N#CCN(CC#N)C(=O)c1cc(Cl)nc(NN)c1. The Hall–Kier alpha value is -2.35. The van der Waals surface area contributed by atoms with Gasteiger partial charge in [0.2, 0.25) is 0 Å². The number of hydrogen-bond acceptors (Lipinski definition) is 6. The predicted octanol–water partition coefficient (Wildman–Crippen LogP) is 0.510. The first kappa shape index (κ1) is 13.7. The van der Waals surface area contributed by atoms with Crippen molar-refractivity contribution < 1.29 is 4.79 Å². The lowest BCUT2D eigenvalue weighted by atomic mass is 10.2. The number of nitrogens with one attached hydrogen (secondary N) is 1. The van der Waals surface area contributed by atoms with Crippen LogP contribution in [0, 0.1) is 22.7 Å². The van der Waals surface area contributed by atoms with Crippen molar-refractivity contribution in [3.05, 3.63) is 22.8 Å². The Kier molecular flexibility index (Phi) is 4.88. The molecule has 7 nitrogen and oxygen atoms in total. The van der Waals surface area contributed by atoms with Crippen LogP contribution in [0.15, 0.2) is 12.1 Å². The second-order valence-corrected chi connectivity index (χ2v) is 3.57. The molecule has 0 aliphatic heterocycles. The normalized spacial score (nSPS) is 9.11. The van der Waals surface area contributed by atoms with Crippen molar-refractivity contribution in [1.29, 1.82) is 10.5 Å². The summed E-state index contributed by atoms with van der Waals surface area (Å²) in [4.78, 5) is 16.9. The van der Waals surface area contributed by atoms with Gasteiger partial charge in [-0.3, -0.25) is 4.79 Å². The number of amides is 1. The monoisotopic (exact) mass is 264 g/mol. The minimum absolute atomic E-state index is 0.0858. The van der Waals surface area contributed by atoms with Crippen LogP contribution in [0.2, 0.25) is 5.15 Å². The second-order valence-electron chi connectivity index (χ2n) is 3.19. The van der Waals surface area contributed by atoms with Crippen LogP contribution in [0.25, 0.3) is 0 Å². The molecule has 18 heavy (non-hydrogen) atoms. The molecule has 1 heterocycles. The summed E-state index contributed by atoms with van der Waals surface area (Å²) in [6.45, 7) is -0.366. The van der Waals surface area contributed by atoms with E-state index in [1.165, 1.54) is 12.1 Å². The molecule has 0 bridgehead atoms. The van der Waals surface area contributed by atoms with Gasteiger partial charge in [-0.05, 0) is 12.1 Å². The fourth-order valence-electron chi connectivity index (χ4n) is 1.25. The highest BCUT2D eigenvalue weighted by molar-refractivity contribution is 6.29. The van der Waals surface area contributed by atoms with Crippen molar-refractivity contribution >= 4 is 23.3 Å². The van der Waals surface area contributed by atoms with Gasteiger partial charge in [0.05, 0.1) is 12.1 Å². The summed E-state index contributed by atoms with van der Waals surface area (Å²) >= 11 is 5.72. The Bertz CT molecular complexity index is 516. The Labute approximate surface area is 108 Å². The highest BCUT2D eigenvalue weighted by Crippen LogP contribution is 2.15. The van der Waals surface area contributed by atoms with E-state index in [1.54, 1.807) is 0 Å². The van der Waals surface area contributed by atoms with E-state index >= 15 is 0 Å². The number of carbonyl (C=O) groups excluding carboxylic acids is 1. The maximum Gasteiger partial charge on any atom is 0.255 e. The standard InChI is InChI=1S/C10H9ClN6O/c11-8-5-7(6-9(15-8)16-14)10(18)17(3-1-12)4-2-13/h5-6H,3-4,14H2,(H,15,16). The first-order valence-corrected chi connectivity index (χ1v) is 5.17. The molecule has 1 aromatic heterocycles. The van der Waals surface area contributed by atoms with Gasteiger partial charge >= 0.3 is 0 Å². The zero-order valence-electron chi connectivity index (χ0n) is 9.22. The van der Waals surface area contributed by atoms with Gasteiger partial charge in [-0.2, -0.15) is 10.5 Å². The van der Waals surface area contributed by atoms with Gasteiger partial charge in [-0.1, -0.05) is 11.6 Å². The fourth-order valence-corrected chi connectivity index (χ4v) is 1.46. The predicted molar refractivity (Wildman–Crippen MR) is 64.2 cm³/mol. The number of halogens is 1.